The van der Waals surface area contributed by atoms with Crippen LogP contribution in [0.2, 0.25) is 0 Å². The van der Waals surface area contributed by atoms with Crippen molar-refractivity contribution in [2.24, 2.45) is 22.6 Å². The molecule has 0 spiro atoms. The number of nitrogens with two attached hydrogens (primary N) is 1. The molecule has 4 N–H and O–H groups in total. The molecule has 0 aromatic rings. The van der Waals surface area contributed by atoms with Gasteiger partial charge in [0, 0.05) is 25.0 Å². The number of likely N-dealkylation sites (tertiary alicyclic amines) is 1. The fourth-order valence-electron chi connectivity index (χ4n) is 4.00. The lowest BCUT2D eigenvalue weighted by Gasteiger charge is -2.30. The first-order chi connectivity index (χ1) is 12.6. The molecule has 0 atom stereocenters. The van der Waals surface area contributed by atoms with Crippen LogP contribution in [0.15, 0.2) is 4.99 Å². The Labute approximate surface area is 159 Å². The second kappa shape index (κ2) is 11.4. The Balaban J connectivity index is 1.61. The third-order valence-corrected chi connectivity index (χ3v) is 5.84. The minimum Gasteiger partial charge on any atom is -0.369 e. The van der Waals surface area contributed by atoms with Crippen molar-refractivity contribution in [2.45, 2.75) is 71.3 Å². The Morgan fingerprint density at radius 3 is 2.42 bits per heavy atom. The van der Waals surface area contributed by atoms with Crippen molar-refractivity contribution in [3.63, 3.8) is 0 Å². The smallest absolute Gasteiger partial charge is 0.220 e. The van der Waals surface area contributed by atoms with Crippen molar-refractivity contribution in [3.8, 4) is 0 Å². The number of piperidine rings is 1. The number of nitrogens with one attached hydrogen (secondary N) is 2. The Morgan fingerprint density at radius 1 is 1.12 bits per heavy atom. The molecule has 1 heterocycles. The quantitative estimate of drug-likeness (QED) is 0.349. The molecule has 0 unspecified atom stereocenters. The average Bonchev–Trinajstić information content (AvgIpc) is 2.64. The van der Waals surface area contributed by atoms with Gasteiger partial charge in [-0.25, -0.2) is 0 Å². The van der Waals surface area contributed by atoms with Gasteiger partial charge in [-0.1, -0.05) is 6.92 Å². The number of guanidine groups is 1. The number of carbonyl (C=O) groups is 1. The molecule has 150 valence electrons. The van der Waals surface area contributed by atoms with E-state index in [9.17, 15) is 4.79 Å². The predicted molar refractivity (Wildman–Crippen MR) is 108 cm³/mol. The standard InChI is InChI=1S/C20H39N5O/c1-3-22-20(24-18-8-6-16(2)7-9-18)23-12-4-5-13-25-14-10-17(11-15-25)19(21)26/h16-18H,3-15H2,1-2H3,(H2,21,26)(H2,22,23,24). The van der Waals surface area contributed by atoms with Crippen LogP contribution in [0.4, 0.5) is 0 Å². The minimum absolute atomic E-state index is 0.0902. The lowest BCUT2D eigenvalue weighted by atomic mass is 9.87. The van der Waals surface area contributed by atoms with E-state index in [0.29, 0.717) is 6.04 Å². The summed E-state index contributed by atoms with van der Waals surface area (Å²) in [5.74, 6) is 1.82. The lowest BCUT2D eigenvalue weighted by molar-refractivity contribution is -0.123. The summed E-state index contributed by atoms with van der Waals surface area (Å²) in [4.78, 5) is 18.4. The maximum absolute atomic E-state index is 11.2. The molecular weight excluding hydrogens is 326 g/mol. The molecule has 26 heavy (non-hydrogen) atoms. The van der Waals surface area contributed by atoms with E-state index in [4.69, 9.17) is 10.7 Å². The summed E-state index contributed by atoms with van der Waals surface area (Å²) in [6, 6.07) is 0.579. The molecule has 1 saturated carbocycles. The Morgan fingerprint density at radius 2 is 1.81 bits per heavy atom. The van der Waals surface area contributed by atoms with Gasteiger partial charge in [0.05, 0.1) is 0 Å². The number of hydrogen-bond donors (Lipinski definition) is 3. The average molecular weight is 366 g/mol. The number of carbonyl (C=O) groups excluding carboxylic acids is 1. The molecule has 0 bridgehead atoms. The first kappa shape index (κ1) is 21.0. The first-order valence-electron chi connectivity index (χ1n) is 10.6. The van der Waals surface area contributed by atoms with Gasteiger partial charge in [-0.05, 0) is 83.8 Å². The summed E-state index contributed by atoms with van der Waals surface area (Å²) in [6.45, 7) is 9.36. The van der Waals surface area contributed by atoms with Gasteiger partial charge in [-0.15, -0.1) is 0 Å². The zero-order valence-corrected chi connectivity index (χ0v) is 16.8. The molecule has 0 aromatic heterocycles. The molecule has 6 nitrogen and oxygen atoms in total. The number of aliphatic imine (C=N–C) groups is 1. The van der Waals surface area contributed by atoms with E-state index < -0.39 is 0 Å². The van der Waals surface area contributed by atoms with Gasteiger partial charge in [0.1, 0.15) is 0 Å². The zero-order chi connectivity index (χ0) is 18.8. The maximum atomic E-state index is 11.2. The van der Waals surface area contributed by atoms with E-state index in [2.05, 4.69) is 29.4 Å². The highest BCUT2D eigenvalue weighted by atomic mass is 16.1. The maximum Gasteiger partial charge on any atom is 0.220 e. The second-order valence-electron chi connectivity index (χ2n) is 8.09. The van der Waals surface area contributed by atoms with Crippen molar-refractivity contribution >= 4 is 11.9 Å². The van der Waals surface area contributed by atoms with Gasteiger partial charge in [0.15, 0.2) is 5.96 Å². The van der Waals surface area contributed by atoms with Crippen molar-refractivity contribution in [3.05, 3.63) is 0 Å². The molecule has 1 aliphatic heterocycles. The van der Waals surface area contributed by atoms with Crippen molar-refractivity contribution in [2.75, 3.05) is 32.7 Å². The SMILES string of the molecule is CCNC(=NCCCCN1CCC(C(N)=O)CC1)NC1CCC(C)CC1. The van der Waals surface area contributed by atoms with Crippen LogP contribution < -0.4 is 16.4 Å². The minimum atomic E-state index is -0.130. The zero-order valence-electron chi connectivity index (χ0n) is 16.8. The molecule has 6 heteroatoms. The van der Waals surface area contributed by atoms with Gasteiger partial charge < -0.3 is 21.3 Å². The fraction of sp³-hybridized carbons (Fsp3) is 0.900. The van der Waals surface area contributed by atoms with E-state index in [1.807, 2.05) is 0 Å². The van der Waals surface area contributed by atoms with Crippen molar-refractivity contribution in [1.82, 2.24) is 15.5 Å². The van der Waals surface area contributed by atoms with E-state index in [0.717, 1.165) is 70.3 Å². The molecule has 1 amide bonds. The van der Waals surface area contributed by atoms with Gasteiger partial charge >= 0.3 is 0 Å². The molecule has 0 radical (unpaired) electrons. The van der Waals surface area contributed by atoms with Crippen LogP contribution in [0.1, 0.15) is 65.2 Å². The van der Waals surface area contributed by atoms with Gasteiger partial charge in [-0.2, -0.15) is 0 Å². The Kier molecular flexibility index (Phi) is 9.23. The van der Waals surface area contributed by atoms with Crippen LogP contribution in [0.25, 0.3) is 0 Å². The molecular formula is C20H39N5O. The van der Waals surface area contributed by atoms with E-state index >= 15 is 0 Å². The van der Waals surface area contributed by atoms with Crippen molar-refractivity contribution in [1.29, 1.82) is 0 Å². The molecule has 1 aliphatic carbocycles. The summed E-state index contributed by atoms with van der Waals surface area (Å²) in [6.07, 6.45) is 9.26. The number of amides is 1. The second-order valence-corrected chi connectivity index (χ2v) is 8.09. The van der Waals surface area contributed by atoms with Crippen LogP contribution in [-0.4, -0.2) is 55.5 Å². The molecule has 1 saturated heterocycles. The van der Waals surface area contributed by atoms with E-state index in [-0.39, 0.29) is 11.8 Å². The summed E-state index contributed by atoms with van der Waals surface area (Å²) in [5.41, 5.74) is 5.39. The topological polar surface area (TPSA) is 82.8 Å². The molecule has 2 aliphatic rings. The van der Waals surface area contributed by atoms with E-state index in [1.54, 1.807) is 0 Å². The van der Waals surface area contributed by atoms with Crippen molar-refractivity contribution < 1.29 is 4.79 Å². The highest BCUT2D eigenvalue weighted by molar-refractivity contribution is 5.80. The van der Waals surface area contributed by atoms with Crippen LogP contribution >= 0.6 is 0 Å². The summed E-state index contributed by atoms with van der Waals surface area (Å²) in [5, 5.41) is 7.00. The Hall–Kier alpha value is -1.30. The van der Waals surface area contributed by atoms with Crippen LogP contribution in [0, 0.1) is 11.8 Å². The third-order valence-electron chi connectivity index (χ3n) is 5.84. The van der Waals surface area contributed by atoms with E-state index in [1.165, 1.54) is 25.7 Å². The first-order valence-corrected chi connectivity index (χ1v) is 10.6. The predicted octanol–water partition coefficient (Wildman–Crippen LogP) is 2.10. The molecule has 2 rings (SSSR count). The van der Waals surface area contributed by atoms with Gasteiger partial charge in [0.25, 0.3) is 0 Å². The van der Waals surface area contributed by atoms with Crippen LogP contribution in [0.3, 0.4) is 0 Å². The monoisotopic (exact) mass is 365 g/mol. The van der Waals surface area contributed by atoms with Crippen LogP contribution in [-0.2, 0) is 4.79 Å². The largest absolute Gasteiger partial charge is 0.369 e. The Bertz CT molecular complexity index is 437. The highest BCUT2D eigenvalue weighted by Crippen LogP contribution is 2.23. The summed E-state index contributed by atoms with van der Waals surface area (Å²) < 4.78 is 0. The summed E-state index contributed by atoms with van der Waals surface area (Å²) in [7, 11) is 0. The number of unbranched alkanes of at least 4 members (excludes halogenated alkanes) is 1. The molecule has 2 fully saturated rings. The van der Waals surface area contributed by atoms with Crippen LogP contribution in [0.5, 0.6) is 0 Å². The third kappa shape index (κ3) is 7.52. The number of nitrogens with zero attached hydrogens (tertiary/aromatic N) is 2. The number of rotatable bonds is 8. The molecule has 0 aromatic carbocycles. The van der Waals surface area contributed by atoms with Gasteiger partial charge in [0.2, 0.25) is 5.91 Å². The highest BCUT2D eigenvalue weighted by Gasteiger charge is 2.22. The number of primary amides is 1. The fourth-order valence-corrected chi connectivity index (χ4v) is 4.00. The summed E-state index contributed by atoms with van der Waals surface area (Å²) >= 11 is 0. The normalized spacial score (nSPS) is 25.8. The lowest BCUT2D eigenvalue weighted by Crippen LogP contribution is -2.44. The van der Waals surface area contributed by atoms with Gasteiger partial charge in [-0.3, -0.25) is 9.79 Å². The number of hydrogen-bond acceptors (Lipinski definition) is 3.